The first kappa shape index (κ1) is 16.1. The average Bonchev–Trinajstić information content (AvgIpc) is 3.05. The normalized spacial score (nSPS) is 16.6. The number of carbonyl (C=O) groups excluding carboxylic acids is 1. The van der Waals surface area contributed by atoms with Crippen LogP contribution in [0.25, 0.3) is 11.1 Å². The van der Waals surface area contributed by atoms with Gasteiger partial charge in [0.05, 0.1) is 5.69 Å². The second kappa shape index (κ2) is 6.49. The Balaban J connectivity index is 1.75. The molecule has 1 aliphatic heterocycles. The van der Waals surface area contributed by atoms with Gasteiger partial charge in [-0.1, -0.05) is 68.4 Å². The zero-order chi connectivity index (χ0) is 17.4. The first-order chi connectivity index (χ1) is 12.1. The predicted molar refractivity (Wildman–Crippen MR) is 105 cm³/mol. The van der Waals surface area contributed by atoms with Crippen LogP contribution in [0.1, 0.15) is 48.1 Å². The largest absolute Gasteiger partial charge is 0.325 e. The minimum atomic E-state index is 0.0982. The van der Waals surface area contributed by atoms with Crippen molar-refractivity contribution >= 4 is 22.9 Å². The fourth-order valence-electron chi connectivity index (χ4n) is 3.44. The van der Waals surface area contributed by atoms with E-state index in [4.69, 9.17) is 0 Å². The third kappa shape index (κ3) is 3.00. The van der Waals surface area contributed by atoms with Gasteiger partial charge in [0.2, 0.25) is 5.91 Å². The Morgan fingerprint density at radius 1 is 1.04 bits per heavy atom. The molecule has 3 aromatic rings. The third-order valence-corrected chi connectivity index (χ3v) is 5.98. The van der Waals surface area contributed by atoms with Crippen molar-refractivity contribution in [1.82, 2.24) is 0 Å². The van der Waals surface area contributed by atoms with E-state index in [1.165, 1.54) is 16.0 Å². The number of anilines is 1. The van der Waals surface area contributed by atoms with E-state index in [-0.39, 0.29) is 11.8 Å². The van der Waals surface area contributed by atoms with Crippen LogP contribution >= 0.6 is 11.3 Å². The summed E-state index contributed by atoms with van der Waals surface area (Å²) in [5, 5.41) is 5.28. The molecular weight excluding hydrogens is 326 g/mol. The van der Waals surface area contributed by atoms with E-state index in [0.29, 0.717) is 12.3 Å². The fraction of sp³-hybridized carbons (Fsp3) is 0.227. The number of benzene rings is 2. The number of thiophene rings is 1. The summed E-state index contributed by atoms with van der Waals surface area (Å²) in [6.45, 7) is 4.40. The molecule has 2 heterocycles. The maximum atomic E-state index is 12.4. The fourth-order valence-corrected chi connectivity index (χ4v) is 4.60. The molecule has 25 heavy (non-hydrogen) atoms. The number of hydrogen-bond acceptors (Lipinski definition) is 2. The summed E-state index contributed by atoms with van der Waals surface area (Å²) < 4.78 is 0. The number of hydrogen-bond donors (Lipinski definition) is 1. The van der Waals surface area contributed by atoms with Crippen LogP contribution in [0, 0.1) is 0 Å². The number of carbonyl (C=O) groups is 1. The van der Waals surface area contributed by atoms with Crippen LogP contribution in [0.3, 0.4) is 0 Å². The summed E-state index contributed by atoms with van der Waals surface area (Å²) >= 11 is 1.75. The maximum absolute atomic E-state index is 12.4. The summed E-state index contributed by atoms with van der Waals surface area (Å²) in [7, 11) is 0. The molecule has 0 saturated carbocycles. The van der Waals surface area contributed by atoms with E-state index in [0.717, 1.165) is 16.8 Å². The van der Waals surface area contributed by atoms with Gasteiger partial charge in [-0.05, 0) is 22.6 Å². The van der Waals surface area contributed by atoms with Crippen LogP contribution in [-0.4, -0.2) is 5.91 Å². The number of fused-ring (bicyclic) bond motifs is 1. The summed E-state index contributed by atoms with van der Waals surface area (Å²) in [5.41, 5.74) is 5.82. The highest BCUT2D eigenvalue weighted by atomic mass is 32.1. The summed E-state index contributed by atoms with van der Waals surface area (Å²) in [5.74, 6) is 0.763. The van der Waals surface area contributed by atoms with Crippen LogP contribution in [0.15, 0.2) is 60.0 Å². The molecule has 3 heteroatoms. The molecule has 2 aromatic carbocycles. The van der Waals surface area contributed by atoms with E-state index in [2.05, 4.69) is 60.9 Å². The number of rotatable bonds is 3. The minimum Gasteiger partial charge on any atom is -0.325 e. The molecule has 0 saturated heterocycles. The molecule has 1 amide bonds. The van der Waals surface area contributed by atoms with Crippen LogP contribution in [0.5, 0.6) is 0 Å². The van der Waals surface area contributed by atoms with Gasteiger partial charge in [0, 0.05) is 28.2 Å². The van der Waals surface area contributed by atoms with Gasteiger partial charge in [0.25, 0.3) is 0 Å². The van der Waals surface area contributed by atoms with Crippen molar-refractivity contribution in [1.29, 1.82) is 0 Å². The summed E-state index contributed by atoms with van der Waals surface area (Å²) in [6.07, 6.45) is 0.517. The molecule has 1 aromatic heterocycles. The molecule has 1 atom stereocenters. The van der Waals surface area contributed by atoms with Gasteiger partial charge in [0.1, 0.15) is 0 Å². The quantitative estimate of drug-likeness (QED) is 0.617. The molecule has 2 nitrogen and oxygen atoms in total. The SMILES string of the molecule is CC(C)c1ccc(C2CC(=O)Nc3c(-c4ccccc4)csc32)cc1. The van der Waals surface area contributed by atoms with Gasteiger partial charge in [-0.15, -0.1) is 11.3 Å². The Kier molecular flexibility index (Phi) is 4.18. The zero-order valence-corrected chi connectivity index (χ0v) is 15.3. The second-order valence-electron chi connectivity index (χ2n) is 6.88. The predicted octanol–water partition coefficient (Wildman–Crippen LogP) is 6.01. The van der Waals surface area contributed by atoms with Crippen molar-refractivity contribution in [2.45, 2.75) is 32.1 Å². The molecule has 0 radical (unpaired) electrons. The minimum absolute atomic E-state index is 0.0982. The van der Waals surface area contributed by atoms with Crippen molar-refractivity contribution in [2.75, 3.05) is 5.32 Å². The Morgan fingerprint density at radius 3 is 2.44 bits per heavy atom. The molecular formula is C22H21NOS. The van der Waals surface area contributed by atoms with Gasteiger partial charge in [0.15, 0.2) is 0 Å². The lowest BCUT2D eigenvalue weighted by molar-refractivity contribution is -0.116. The highest BCUT2D eigenvalue weighted by molar-refractivity contribution is 7.11. The lowest BCUT2D eigenvalue weighted by Gasteiger charge is -2.24. The van der Waals surface area contributed by atoms with Crippen LogP contribution in [0.2, 0.25) is 0 Å². The highest BCUT2D eigenvalue weighted by Crippen LogP contribution is 2.46. The van der Waals surface area contributed by atoms with E-state index >= 15 is 0 Å². The highest BCUT2D eigenvalue weighted by Gasteiger charge is 2.30. The second-order valence-corrected chi connectivity index (χ2v) is 7.79. The Bertz CT molecular complexity index is 894. The summed E-state index contributed by atoms with van der Waals surface area (Å²) in [6, 6.07) is 19.0. The average molecular weight is 347 g/mol. The lowest BCUT2D eigenvalue weighted by Crippen LogP contribution is -2.22. The van der Waals surface area contributed by atoms with Crippen molar-refractivity contribution in [3.63, 3.8) is 0 Å². The molecule has 0 fully saturated rings. The van der Waals surface area contributed by atoms with Crippen molar-refractivity contribution < 1.29 is 4.79 Å². The molecule has 0 aliphatic carbocycles. The Labute approximate surface area is 152 Å². The van der Waals surface area contributed by atoms with Gasteiger partial charge in [-0.2, -0.15) is 0 Å². The first-order valence-corrected chi connectivity index (χ1v) is 9.58. The van der Waals surface area contributed by atoms with E-state index in [1.54, 1.807) is 11.3 Å². The van der Waals surface area contributed by atoms with Crippen molar-refractivity contribution in [2.24, 2.45) is 0 Å². The molecule has 4 rings (SSSR count). The number of nitrogens with one attached hydrogen (secondary N) is 1. The van der Waals surface area contributed by atoms with Crippen LogP contribution in [-0.2, 0) is 4.79 Å². The van der Waals surface area contributed by atoms with Gasteiger partial charge in [-0.25, -0.2) is 0 Å². The Hall–Kier alpha value is -2.39. The number of amides is 1. The van der Waals surface area contributed by atoms with Gasteiger partial charge in [-0.3, -0.25) is 4.79 Å². The smallest absolute Gasteiger partial charge is 0.225 e. The van der Waals surface area contributed by atoms with Gasteiger partial charge >= 0.3 is 0 Å². The molecule has 0 bridgehead atoms. The molecule has 0 spiro atoms. The first-order valence-electron chi connectivity index (χ1n) is 8.70. The molecule has 1 unspecified atom stereocenters. The molecule has 1 N–H and O–H groups in total. The monoisotopic (exact) mass is 347 g/mol. The van der Waals surface area contributed by atoms with Crippen molar-refractivity contribution in [3.05, 3.63) is 76.0 Å². The topological polar surface area (TPSA) is 29.1 Å². The third-order valence-electron chi connectivity index (χ3n) is 4.88. The molecule has 1 aliphatic rings. The summed E-state index contributed by atoms with van der Waals surface area (Å²) in [4.78, 5) is 13.6. The van der Waals surface area contributed by atoms with Crippen LogP contribution < -0.4 is 5.32 Å². The lowest BCUT2D eigenvalue weighted by atomic mass is 9.88. The maximum Gasteiger partial charge on any atom is 0.225 e. The standard InChI is InChI=1S/C22H21NOS/c1-14(2)15-8-10-17(11-9-15)18-12-20(24)23-21-19(13-25-22(18)21)16-6-4-3-5-7-16/h3-11,13-14,18H,12H2,1-2H3,(H,23,24). The van der Waals surface area contributed by atoms with Gasteiger partial charge < -0.3 is 5.32 Å². The van der Waals surface area contributed by atoms with E-state index < -0.39 is 0 Å². The van der Waals surface area contributed by atoms with E-state index in [9.17, 15) is 4.79 Å². The Morgan fingerprint density at radius 2 is 1.76 bits per heavy atom. The van der Waals surface area contributed by atoms with E-state index in [1.807, 2.05) is 18.2 Å². The zero-order valence-electron chi connectivity index (χ0n) is 14.5. The van der Waals surface area contributed by atoms with Crippen LogP contribution in [0.4, 0.5) is 5.69 Å². The molecule has 126 valence electrons. The van der Waals surface area contributed by atoms with Crippen molar-refractivity contribution in [3.8, 4) is 11.1 Å².